The number of aromatic nitrogens is 2. The number of esters is 1. The van der Waals surface area contributed by atoms with Crippen LogP contribution in [0.15, 0.2) is 72.9 Å². The summed E-state index contributed by atoms with van der Waals surface area (Å²) in [5.41, 5.74) is 1.45. The molecule has 1 aliphatic rings. The molecular weight excluding hydrogens is 563 g/mol. The molecule has 1 aliphatic heterocycles. The van der Waals surface area contributed by atoms with Gasteiger partial charge in [0.1, 0.15) is 23.7 Å². The van der Waals surface area contributed by atoms with Gasteiger partial charge in [0, 0.05) is 18.4 Å². The largest absolute Gasteiger partial charge is 0.495 e. The number of anilines is 4. The number of nitrogens with one attached hydrogen (secondary N) is 3. The summed E-state index contributed by atoms with van der Waals surface area (Å²) >= 11 is 0. The van der Waals surface area contributed by atoms with Gasteiger partial charge >= 0.3 is 12.1 Å². The van der Waals surface area contributed by atoms with Crippen molar-refractivity contribution in [2.75, 3.05) is 23.1 Å². The Bertz CT molecular complexity index is 1680. The highest BCUT2D eigenvalue weighted by Gasteiger charge is 2.40. The van der Waals surface area contributed by atoms with Gasteiger partial charge in [-0.2, -0.15) is 18.2 Å². The first-order chi connectivity index (χ1) is 20.5. The predicted octanol–water partition coefficient (Wildman–Crippen LogP) is 6.45. The number of carbonyl (C=O) groups is 2. The summed E-state index contributed by atoms with van der Waals surface area (Å²) < 4.78 is 52.4. The third-order valence-corrected chi connectivity index (χ3v) is 7.03. The maximum Gasteiger partial charge on any atom is 0.421 e. The van der Waals surface area contributed by atoms with E-state index in [2.05, 4.69) is 25.9 Å². The number of benzene rings is 3. The Hall–Kier alpha value is -5.13. The minimum absolute atomic E-state index is 0.0236. The predicted molar refractivity (Wildman–Crippen MR) is 154 cm³/mol. The number of hydrogen-bond donors (Lipinski definition) is 3. The number of halogens is 3. The third-order valence-electron chi connectivity index (χ3n) is 7.03. The van der Waals surface area contributed by atoms with E-state index in [1.54, 1.807) is 32.0 Å². The number of carbonyl (C=O) groups excluding carboxylic acids is 2. The summed E-state index contributed by atoms with van der Waals surface area (Å²) in [6.07, 6.45) is -4.04. The van der Waals surface area contributed by atoms with E-state index in [4.69, 9.17) is 9.47 Å². The van der Waals surface area contributed by atoms with E-state index in [0.29, 0.717) is 28.7 Å². The number of amides is 1. The van der Waals surface area contributed by atoms with Crippen LogP contribution in [0, 0.1) is 0 Å². The van der Waals surface area contributed by atoms with Crippen LogP contribution in [-0.4, -0.2) is 29.0 Å². The van der Waals surface area contributed by atoms with Gasteiger partial charge in [0.2, 0.25) is 11.9 Å². The highest BCUT2D eigenvalue weighted by Crippen LogP contribution is 2.40. The summed E-state index contributed by atoms with van der Waals surface area (Å²) in [5.74, 6) is -1.12. The van der Waals surface area contributed by atoms with Gasteiger partial charge in [0.15, 0.2) is 0 Å². The fourth-order valence-electron chi connectivity index (χ4n) is 4.79. The van der Waals surface area contributed by atoms with E-state index < -0.39 is 28.9 Å². The van der Waals surface area contributed by atoms with Crippen LogP contribution in [0.1, 0.15) is 46.5 Å². The summed E-state index contributed by atoms with van der Waals surface area (Å²) in [6.45, 7) is 3.58. The zero-order valence-electron chi connectivity index (χ0n) is 23.5. The Morgan fingerprint density at radius 3 is 2.53 bits per heavy atom. The zero-order chi connectivity index (χ0) is 30.8. The van der Waals surface area contributed by atoms with Gasteiger partial charge < -0.3 is 25.4 Å². The Morgan fingerprint density at radius 2 is 1.81 bits per heavy atom. The number of nitrogens with zero attached hydrogens (tertiary/aromatic N) is 2. The third kappa shape index (κ3) is 6.22. The van der Waals surface area contributed by atoms with Crippen LogP contribution in [-0.2, 0) is 34.3 Å². The van der Waals surface area contributed by atoms with Gasteiger partial charge in [0.25, 0.3) is 0 Å². The van der Waals surface area contributed by atoms with E-state index in [-0.39, 0.29) is 36.3 Å². The number of methoxy groups -OCH3 is 1. The SMILES string of the molecule is COc1cc(C(=O)OCc2ccccc2)ccc1Nc1ncc(C(F)(F)F)c(NCc2cccc3c2C(C)(C)C(=O)N3)n1. The van der Waals surface area contributed by atoms with Crippen LogP contribution >= 0.6 is 0 Å². The fraction of sp³-hybridized carbons (Fsp3) is 0.226. The van der Waals surface area contributed by atoms with Crippen molar-refractivity contribution in [3.8, 4) is 5.75 Å². The second-order valence-corrected chi connectivity index (χ2v) is 10.3. The first-order valence-corrected chi connectivity index (χ1v) is 13.3. The summed E-state index contributed by atoms with van der Waals surface area (Å²) in [7, 11) is 1.39. The summed E-state index contributed by atoms with van der Waals surface area (Å²) in [5, 5.41) is 8.46. The molecule has 9 nitrogen and oxygen atoms in total. The summed E-state index contributed by atoms with van der Waals surface area (Å²) in [6, 6.07) is 18.9. The molecule has 12 heteroatoms. The minimum Gasteiger partial charge on any atom is -0.495 e. The molecule has 43 heavy (non-hydrogen) atoms. The molecule has 0 bridgehead atoms. The quantitative estimate of drug-likeness (QED) is 0.191. The van der Waals surface area contributed by atoms with Crippen LogP contribution in [0.4, 0.5) is 36.3 Å². The van der Waals surface area contributed by atoms with E-state index in [9.17, 15) is 22.8 Å². The zero-order valence-corrected chi connectivity index (χ0v) is 23.5. The van der Waals surface area contributed by atoms with Crippen LogP contribution in [0.2, 0.25) is 0 Å². The van der Waals surface area contributed by atoms with Gasteiger partial charge in [-0.1, -0.05) is 42.5 Å². The summed E-state index contributed by atoms with van der Waals surface area (Å²) in [4.78, 5) is 33.0. The van der Waals surface area contributed by atoms with E-state index in [0.717, 1.165) is 5.56 Å². The lowest BCUT2D eigenvalue weighted by atomic mass is 9.83. The van der Waals surface area contributed by atoms with Gasteiger partial charge in [-0.25, -0.2) is 9.78 Å². The van der Waals surface area contributed by atoms with Crippen molar-refractivity contribution in [2.24, 2.45) is 0 Å². The molecule has 0 aliphatic carbocycles. The molecule has 0 atom stereocenters. The van der Waals surface area contributed by atoms with Crippen molar-refractivity contribution in [3.05, 3.63) is 101 Å². The van der Waals surface area contributed by atoms with Crippen molar-refractivity contribution >= 4 is 35.0 Å². The topological polar surface area (TPSA) is 114 Å². The standard InChI is InChI=1S/C31H28F3N5O4/c1-30(2)25-20(10-7-11-23(25)37-28(30)41)15-35-26-21(31(32,33)34)16-36-29(39-26)38-22-13-12-19(14-24(22)42-3)27(40)43-17-18-8-5-4-6-9-18/h4-14,16H,15,17H2,1-3H3,(H,37,41)(H2,35,36,38,39). The van der Waals surface area contributed by atoms with Crippen molar-refractivity contribution in [2.45, 2.75) is 38.6 Å². The first-order valence-electron chi connectivity index (χ1n) is 13.3. The first kappa shape index (κ1) is 29.4. The molecule has 0 spiro atoms. The number of hydrogen-bond acceptors (Lipinski definition) is 8. The highest BCUT2D eigenvalue weighted by atomic mass is 19.4. The Labute approximate surface area is 245 Å². The Kier molecular flexibility index (Phi) is 7.94. The van der Waals surface area contributed by atoms with Crippen molar-refractivity contribution in [1.82, 2.24) is 9.97 Å². The molecule has 0 saturated carbocycles. The van der Waals surface area contributed by atoms with Gasteiger partial charge in [-0.05, 0) is 54.8 Å². The van der Waals surface area contributed by atoms with Gasteiger partial charge in [0.05, 0.1) is 23.8 Å². The number of rotatable bonds is 9. The number of alkyl halides is 3. The molecule has 1 aromatic heterocycles. The molecule has 0 fully saturated rings. The van der Waals surface area contributed by atoms with Crippen LogP contribution in [0.5, 0.6) is 5.75 Å². The lowest BCUT2D eigenvalue weighted by Gasteiger charge is -2.20. The lowest BCUT2D eigenvalue weighted by molar-refractivity contribution is -0.137. The molecular formula is C31H28F3N5O4. The van der Waals surface area contributed by atoms with Crippen LogP contribution in [0.25, 0.3) is 0 Å². The smallest absolute Gasteiger partial charge is 0.421 e. The molecule has 222 valence electrons. The molecule has 0 saturated heterocycles. The van der Waals surface area contributed by atoms with Crippen molar-refractivity contribution in [3.63, 3.8) is 0 Å². The average Bonchev–Trinajstić information content (AvgIpc) is 3.22. The van der Waals surface area contributed by atoms with E-state index in [1.165, 1.54) is 25.3 Å². The van der Waals surface area contributed by atoms with E-state index in [1.807, 2.05) is 30.3 Å². The maximum atomic E-state index is 13.9. The maximum absolute atomic E-state index is 13.9. The molecule has 2 heterocycles. The monoisotopic (exact) mass is 591 g/mol. The number of fused-ring (bicyclic) bond motifs is 1. The van der Waals surface area contributed by atoms with Gasteiger partial charge in [-0.3, -0.25) is 4.79 Å². The molecule has 0 unspecified atom stereocenters. The molecule has 4 aromatic rings. The molecule has 3 aromatic carbocycles. The molecule has 1 amide bonds. The van der Waals surface area contributed by atoms with E-state index >= 15 is 0 Å². The lowest BCUT2D eigenvalue weighted by Crippen LogP contribution is -2.28. The minimum atomic E-state index is -4.73. The number of ether oxygens (including phenoxy) is 2. The average molecular weight is 592 g/mol. The van der Waals surface area contributed by atoms with Crippen molar-refractivity contribution < 1.29 is 32.2 Å². The fourth-order valence-corrected chi connectivity index (χ4v) is 4.79. The second kappa shape index (κ2) is 11.6. The van der Waals surface area contributed by atoms with Gasteiger partial charge in [-0.15, -0.1) is 0 Å². The highest BCUT2D eigenvalue weighted by molar-refractivity contribution is 6.06. The van der Waals surface area contributed by atoms with Crippen LogP contribution in [0.3, 0.4) is 0 Å². The molecule has 0 radical (unpaired) electrons. The molecule has 3 N–H and O–H groups in total. The normalized spacial score (nSPS) is 13.6. The Balaban J connectivity index is 1.36. The van der Waals surface area contributed by atoms with Crippen molar-refractivity contribution in [1.29, 1.82) is 0 Å². The molecule has 5 rings (SSSR count). The second-order valence-electron chi connectivity index (χ2n) is 10.3. The Morgan fingerprint density at radius 1 is 1.05 bits per heavy atom. The van der Waals surface area contributed by atoms with Crippen LogP contribution < -0.4 is 20.7 Å².